The molecule has 4 aromatic carbocycles. The first-order valence-electron chi connectivity index (χ1n) is 24.4. The lowest BCUT2D eigenvalue weighted by molar-refractivity contribution is -0.244. The Morgan fingerprint density at radius 2 is 1.08 bits per heavy atom. The van der Waals surface area contributed by atoms with Gasteiger partial charge in [0.05, 0.1) is 61.4 Å². The number of benzene rings is 4. The standard InChI is InChI=1S/C55H74O9Si2/c1-52(2,3)51(56)59-33-32-38-30-31-46-48(61-38)45(36-54(6,7)66(58,42-26-18-12-19-27-42)43-28-20-13-21-29-43)50-49(62-46)44(47(63-50)34-39-37-60-55(8,9)64-39)35-53(4,5)65(57,40-22-14-10-15-23-40)41-24-16-11-17-25-41/h10-29,38-39,44-50,57-58H,30-37H2,1-9H3/t38-,39?,44+,45?,46?,47-,48-,49+,50+/m1/s1. The zero-order chi connectivity index (χ0) is 47.1. The summed E-state index contributed by atoms with van der Waals surface area (Å²) < 4.78 is 40.6. The summed E-state index contributed by atoms with van der Waals surface area (Å²) >= 11 is 0. The number of hydrogen-bond acceptors (Lipinski definition) is 9. The summed E-state index contributed by atoms with van der Waals surface area (Å²) in [5, 5.41) is 2.67. The van der Waals surface area contributed by atoms with Crippen molar-refractivity contribution in [3.05, 3.63) is 121 Å². The summed E-state index contributed by atoms with van der Waals surface area (Å²) in [5.74, 6) is -1.20. The lowest BCUT2D eigenvalue weighted by Gasteiger charge is -2.52. The Morgan fingerprint density at radius 3 is 1.52 bits per heavy atom. The first kappa shape index (κ1) is 48.9. The Balaban J connectivity index is 1.19. The van der Waals surface area contributed by atoms with E-state index in [1.807, 2.05) is 107 Å². The third-order valence-corrected chi connectivity index (χ3v) is 24.3. The van der Waals surface area contributed by atoms with Crippen molar-refractivity contribution in [3.63, 3.8) is 0 Å². The van der Waals surface area contributed by atoms with Crippen LogP contribution in [0.2, 0.25) is 10.1 Å². The SMILES string of the molecule is CC1(C)OCC(C[C@H]2O[C@H]3C(CC(C)(C)[Si](O)(c4ccccc4)c4ccccc4)[C@H]4O[C@@H](CCOC(=O)C(C)(C)C)CCC4O[C@H]3[C@H]2CC(C)(C)[Si](O)(c2ccccc2)c2ccccc2)O1. The topological polar surface area (TPSA) is 113 Å². The van der Waals surface area contributed by atoms with E-state index in [-0.39, 0.29) is 67.1 Å². The molecule has 356 valence electrons. The number of esters is 1. The van der Waals surface area contributed by atoms with Gasteiger partial charge in [0.25, 0.3) is 16.6 Å². The van der Waals surface area contributed by atoms with Gasteiger partial charge in [-0.15, -0.1) is 0 Å². The maximum Gasteiger partial charge on any atom is 0.311 e. The highest BCUT2D eigenvalue weighted by atomic mass is 28.4. The second-order valence-corrected chi connectivity index (χ2v) is 30.2. The van der Waals surface area contributed by atoms with Gasteiger partial charge in [-0.3, -0.25) is 4.79 Å². The molecule has 4 aliphatic heterocycles. The van der Waals surface area contributed by atoms with Gasteiger partial charge >= 0.3 is 5.97 Å². The summed E-state index contributed by atoms with van der Waals surface area (Å²) in [4.78, 5) is 39.8. The summed E-state index contributed by atoms with van der Waals surface area (Å²) in [5.41, 5.74) is -0.590. The molecule has 3 unspecified atom stereocenters. The van der Waals surface area contributed by atoms with E-state index in [1.54, 1.807) is 0 Å². The predicted octanol–water partition coefficient (Wildman–Crippen LogP) is 7.67. The highest BCUT2D eigenvalue weighted by molar-refractivity contribution is 6.99. The summed E-state index contributed by atoms with van der Waals surface area (Å²) in [6.07, 6.45) is 2.16. The van der Waals surface area contributed by atoms with Crippen LogP contribution >= 0.6 is 0 Å². The molecule has 0 amide bonds. The van der Waals surface area contributed by atoms with Gasteiger partial charge in [-0.2, -0.15) is 0 Å². The van der Waals surface area contributed by atoms with Crippen LogP contribution < -0.4 is 20.7 Å². The van der Waals surface area contributed by atoms with Crippen molar-refractivity contribution in [2.24, 2.45) is 17.3 Å². The summed E-state index contributed by atoms with van der Waals surface area (Å²) in [6, 6.07) is 40.9. The minimum Gasteiger partial charge on any atom is -0.465 e. The van der Waals surface area contributed by atoms with Crippen molar-refractivity contribution in [3.8, 4) is 0 Å². The van der Waals surface area contributed by atoms with E-state index in [4.69, 9.17) is 28.4 Å². The van der Waals surface area contributed by atoms with Gasteiger partial charge in [0, 0.05) is 24.7 Å². The minimum atomic E-state index is -3.47. The molecule has 0 spiro atoms. The lowest BCUT2D eigenvalue weighted by atomic mass is 9.74. The Bertz CT molecular complexity index is 2140. The molecule has 9 atom stereocenters. The van der Waals surface area contributed by atoms with Crippen LogP contribution in [-0.2, 0) is 33.2 Å². The number of rotatable bonds is 15. The Kier molecular flexibility index (Phi) is 14.2. The molecule has 66 heavy (non-hydrogen) atoms. The average Bonchev–Trinajstić information content (AvgIpc) is 3.82. The van der Waals surface area contributed by atoms with Gasteiger partial charge < -0.3 is 38.0 Å². The second-order valence-electron chi connectivity index (χ2n) is 22.3. The third-order valence-electron chi connectivity index (χ3n) is 15.3. The molecule has 4 heterocycles. The molecule has 2 N–H and O–H groups in total. The largest absolute Gasteiger partial charge is 0.465 e. The fourth-order valence-electron chi connectivity index (χ4n) is 11.8. The monoisotopic (exact) mass is 934 g/mol. The molecule has 0 radical (unpaired) electrons. The predicted molar refractivity (Wildman–Crippen MR) is 264 cm³/mol. The van der Waals surface area contributed by atoms with Crippen LogP contribution in [0.3, 0.4) is 0 Å². The van der Waals surface area contributed by atoms with E-state index >= 15 is 0 Å². The molecule has 9 nitrogen and oxygen atoms in total. The number of hydrogen-bond donors (Lipinski definition) is 2. The molecule has 4 saturated heterocycles. The molecule has 0 bridgehead atoms. The van der Waals surface area contributed by atoms with Gasteiger partial charge in [0.2, 0.25) is 0 Å². The van der Waals surface area contributed by atoms with E-state index in [0.29, 0.717) is 32.3 Å². The molecular weight excluding hydrogens is 861 g/mol. The van der Waals surface area contributed by atoms with E-state index in [9.17, 15) is 14.4 Å². The molecule has 8 rings (SSSR count). The second kappa shape index (κ2) is 19.1. The Morgan fingerprint density at radius 1 is 0.621 bits per heavy atom. The Hall–Kier alpha value is -3.50. The fourth-order valence-corrected chi connectivity index (χ4v) is 19.4. The maximum absolute atomic E-state index is 13.6. The number of carbonyl (C=O) groups is 1. The van der Waals surface area contributed by atoms with Crippen LogP contribution in [0, 0.1) is 17.3 Å². The van der Waals surface area contributed by atoms with Gasteiger partial charge in [-0.05, 0) is 91.1 Å². The van der Waals surface area contributed by atoms with Gasteiger partial charge in [-0.1, -0.05) is 149 Å². The zero-order valence-electron chi connectivity index (χ0n) is 40.7. The third kappa shape index (κ3) is 9.71. The number of ether oxygens (including phenoxy) is 6. The van der Waals surface area contributed by atoms with Gasteiger partial charge in [0.15, 0.2) is 5.79 Å². The summed E-state index contributed by atoms with van der Waals surface area (Å²) in [7, 11) is -6.91. The van der Waals surface area contributed by atoms with E-state index < -0.39 is 37.9 Å². The maximum atomic E-state index is 13.6. The van der Waals surface area contributed by atoms with Crippen molar-refractivity contribution in [1.82, 2.24) is 0 Å². The normalized spacial score (nSPS) is 28.1. The molecule has 0 aromatic heterocycles. The molecule has 4 fully saturated rings. The van der Waals surface area contributed by atoms with E-state index in [1.165, 1.54) is 0 Å². The van der Waals surface area contributed by atoms with E-state index in [2.05, 4.69) is 76.2 Å². The quantitative estimate of drug-likeness (QED) is 0.0917. The number of fused-ring (bicyclic) bond motifs is 2. The van der Waals surface area contributed by atoms with Crippen molar-refractivity contribution in [2.75, 3.05) is 13.2 Å². The first-order chi connectivity index (χ1) is 31.2. The van der Waals surface area contributed by atoms with Crippen molar-refractivity contribution >= 4 is 43.4 Å². The Labute approximate surface area is 395 Å². The van der Waals surface area contributed by atoms with Crippen LogP contribution in [0.4, 0.5) is 0 Å². The van der Waals surface area contributed by atoms with Crippen molar-refractivity contribution < 1.29 is 42.8 Å². The summed E-state index contributed by atoms with van der Waals surface area (Å²) in [6.45, 7) is 19.2. The first-order valence-corrected chi connectivity index (χ1v) is 28.3. The minimum absolute atomic E-state index is 0.107. The average molecular weight is 935 g/mol. The highest BCUT2D eigenvalue weighted by Gasteiger charge is 2.63. The highest BCUT2D eigenvalue weighted by Crippen LogP contribution is 2.55. The smallest absolute Gasteiger partial charge is 0.311 e. The van der Waals surface area contributed by atoms with Crippen LogP contribution in [0.1, 0.15) is 101 Å². The molecule has 0 saturated carbocycles. The molecule has 4 aromatic rings. The molecular formula is C55H74O9Si2. The molecule has 0 aliphatic carbocycles. The van der Waals surface area contributed by atoms with Crippen LogP contribution in [0.25, 0.3) is 0 Å². The van der Waals surface area contributed by atoms with Crippen molar-refractivity contribution in [1.29, 1.82) is 0 Å². The fraction of sp³-hybridized carbons (Fsp3) is 0.545. The van der Waals surface area contributed by atoms with Crippen LogP contribution in [0.15, 0.2) is 121 Å². The molecule has 4 aliphatic rings. The van der Waals surface area contributed by atoms with Crippen LogP contribution in [0.5, 0.6) is 0 Å². The molecule has 11 heteroatoms. The van der Waals surface area contributed by atoms with Crippen LogP contribution in [-0.4, -0.2) is 93.9 Å². The van der Waals surface area contributed by atoms with Crippen molar-refractivity contribution in [2.45, 2.75) is 159 Å². The number of carbonyl (C=O) groups excluding carboxylic acids is 1. The van der Waals surface area contributed by atoms with E-state index in [0.717, 1.165) is 33.6 Å². The van der Waals surface area contributed by atoms with Gasteiger partial charge in [-0.25, -0.2) is 0 Å². The zero-order valence-corrected chi connectivity index (χ0v) is 42.7. The lowest BCUT2D eigenvalue weighted by Crippen LogP contribution is -2.67. The van der Waals surface area contributed by atoms with Gasteiger partial charge in [0.1, 0.15) is 0 Å².